The number of aromatic nitrogens is 3. The second kappa shape index (κ2) is 8.90. The second-order valence-electron chi connectivity index (χ2n) is 8.31. The van der Waals surface area contributed by atoms with Gasteiger partial charge in [0.2, 0.25) is 0 Å². The molecule has 0 spiro atoms. The van der Waals surface area contributed by atoms with Crippen molar-refractivity contribution in [1.29, 1.82) is 0 Å². The molecule has 4 heterocycles. The summed E-state index contributed by atoms with van der Waals surface area (Å²) < 4.78 is 14.5. The zero-order valence-electron chi connectivity index (χ0n) is 18.0. The van der Waals surface area contributed by atoms with Gasteiger partial charge in [0.25, 0.3) is 0 Å². The van der Waals surface area contributed by atoms with Crippen LogP contribution in [0.25, 0.3) is 22.3 Å². The normalized spacial score (nSPS) is 16.2. The topological polar surface area (TPSA) is 94.1 Å². The molecule has 1 atom stereocenters. The molecule has 1 aliphatic heterocycles. The molecule has 33 heavy (non-hydrogen) atoms. The van der Waals surface area contributed by atoms with Crippen LogP contribution in [-0.4, -0.2) is 44.1 Å². The number of nitrogens with zero attached hydrogens (tertiary/aromatic N) is 3. The molecule has 1 aromatic carbocycles. The number of hydrogen-bond donors (Lipinski definition) is 3. The highest BCUT2D eigenvalue weighted by atomic mass is 19.1. The molecule has 0 radical (unpaired) electrons. The number of H-pyrrole nitrogens is 1. The Kier molecular flexibility index (Phi) is 5.64. The van der Waals surface area contributed by atoms with Crippen molar-refractivity contribution in [3.63, 3.8) is 0 Å². The highest BCUT2D eigenvalue weighted by molar-refractivity contribution is 5.92. The van der Waals surface area contributed by atoms with E-state index in [4.69, 9.17) is 0 Å². The van der Waals surface area contributed by atoms with Crippen LogP contribution in [0.1, 0.15) is 30.0 Å². The molecule has 1 amide bonds. The van der Waals surface area contributed by atoms with E-state index in [-0.39, 0.29) is 11.7 Å². The van der Waals surface area contributed by atoms with Gasteiger partial charge in [-0.25, -0.2) is 19.2 Å². The van der Waals surface area contributed by atoms with Gasteiger partial charge in [-0.15, -0.1) is 0 Å². The smallest absolute Gasteiger partial charge is 0.407 e. The molecule has 1 unspecified atom stereocenters. The van der Waals surface area contributed by atoms with Crippen molar-refractivity contribution < 1.29 is 14.3 Å². The lowest BCUT2D eigenvalue weighted by Gasteiger charge is -2.30. The van der Waals surface area contributed by atoms with Crippen LogP contribution in [-0.2, 0) is 6.54 Å². The minimum absolute atomic E-state index is 0.0699. The van der Waals surface area contributed by atoms with Crippen LogP contribution in [0.4, 0.5) is 15.0 Å². The van der Waals surface area contributed by atoms with E-state index in [1.54, 1.807) is 6.20 Å². The predicted octanol–water partition coefficient (Wildman–Crippen LogP) is 5.23. The van der Waals surface area contributed by atoms with E-state index in [1.807, 2.05) is 42.5 Å². The van der Waals surface area contributed by atoms with Gasteiger partial charge in [0.05, 0.1) is 5.69 Å². The second-order valence-corrected chi connectivity index (χ2v) is 8.31. The van der Waals surface area contributed by atoms with E-state index < -0.39 is 6.09 Å². The van der Waals surface area contributed by atoms with Gasteiger partial charge in [0, 0.05) is 60.5 Å². The number of piperidine rings is 1. The molecule has 8 heteroatoms. The zero-order chi connectivity index (χ0) is 22.8. The highest BCUT2D eigenvalue weighted by Crippen LogP contribution is 2.33. The minimum atomic E-state index is -0.894. The SMILES string of the molecule is O=C(O)N1CCCC(c2cc3c(-c4cc(F)cc(NCc5ccccc5)n4)ccnc3[nH]2)C1. The third kappa shape index (κ3) is 4.50. The van der Waals surface area contributed by atoms with Crippen LogP contribution in [0.3, 0.4) is 0 Å². The molecule has 5 rings (SSSR count). The van der Waals surface area contributed by atoms with Crippen LogP contribution in [0, 0.1) is 5.82 Å². The van der Waals surface area contributed by atoms with Gasteiger partial charge in [0.1, 0.15) is 17.3 Å². The first kappa shape index (κ1) is 20.9. The molecule has 0 saturated carbocycles. The maximum absolute atomic E-state index is 14.5. The monoisotopic (exact) mass is 445 g/mol. The number of halogens is 1. The van der Waals surface area contributed by atoms with Crippen molar-refractivity contribution in [2.24, 2.45) is 0 Å². The lowest BCUT2D eigenvalue weighted by Crippen LogP contribution is -2.38. The maximum atomic E-state index is 14.5. The van der Waals surface area contributed by atoms with Gasteiger partial charge in [-0.05, 0) is 30.5 Å². The number of anilines is 1. The lowest BCUT2D eigenvalue weighted by molar-refractivity contribution is 0.130. The Bertz CT molecular complexity index is 1290. The van der Waals surface area contributed by atoms with Gasteiger partial charge in [0.15, 0.2) is 0 Å². The first-order valence-corrected chi connectivity index (χ1v) is 11.0. The van der Waals surface area contributed by atoms with Crippen LogP contribution < -0.4 is 5.32 Å². The summed E-state index contributed by atoms with van der Waals surface area (Å²) in [5.74, 6) is 0.153. The van der Waals surface area contributed by atoms with Gasteiger partial charge < -0.3 is 20.3 Å². The van der Waals surface area contributed by atoms with Gasteiger partial charge in [-0.2, -0.15) is 0 Å². The number of carboxylic acid groups (broad SMARTS) is 1. The molecule has 4 aromatic rings. The number of benzene rings is 1. The molecular formula is C25H24FN5O2. The number of nitrogens with one attached hydrogen (secondary N) is 2. The van der Waals surface area contributed by atoms with E-state index in [0.29, 0.717) is 36.8 Å². The Morgan fingerprint density at radius 2 is 2.06 bits per heavy atom. The summed E-state index contributed by atoms with van der Waals surface area (Å²) in [6.07, 6.45) is 2.49. The maximum Gasteiger partial charge on any atom is 0.407 e. The molecule has 1 saturated heterocycles. The Morgan fingerprint density at radius 1 is 1.21 bits per heavy atom. The number of likely N-dealkylation sites (tertiary alicyclic amines) is 1. The van der Waals surface area contributed by atoms with Crippen molar-refractivity contribution in [2.75, 3.05) is 18.4 Å². The summed E-state index contributed by atoms with van der Waals surface area (Å²) in [7, 11) is 0. The standard InChI is InChI=1S/C25H24FN5O2/c26-18-11-22(29-23(12-18)28-14-16-5-2-1-3-6-16)19-8-9-27-24-20(19)13-21(30-24)17-7-4-10-31(15-17)25(32)33/h1-3,5-6,8-9,11-13,17H,4,7,10,14-15H2,(H,27,30)(H,28,29)(H,32,33). The summed E-state index contributed by atoms with van der Waals surface area (Å²) in [5, 5.41) is 13.4. The number of fused-ring (bicyclic) bond motifs is 1. The predicted molar refractivity (Wildman–Crippen MR) is 125 cm³/mol. The number of carbonyl (C=O) groups is 1. The third-order valence-corrected chi connectivity index (χ3v) is 6.07. The Hall–Kier alpha value is -3.94. The van der Waals surface area contributed by atoms with Crippen LogP contribution >= 0.6 is 0 Å². The summed E-state index contributed by atoms with van der Waals surface area (Å²) in [6.45, 7) is 1.54. The fourth-order valence-corrected chi connectivity index (χ4v) is 4.41. The zero-order valence-corrected chi connectivity index (χ0v) is 18.0. The van der Waals surface area contributed by atoms with Crippen molar-refractivity contribution in [1.82, 2.24) is 19.9 Å². The Balaban J connectivity index is 1.45. The fraction of sp³-hybridized carbons (Fsp3) is 0.240. The fourth-order valence-electron chi connectivity index (χ4n) is 4.41. The third-order valence-electron chi connectivity index (χ3n) is 6.07. The number of pyridine rings is 2. The van der Waals surface area contributed by atoms with E-state index in [9.17, 15) is 14.3 Å². The molecular weight excluding hydrogens is 421 g/mol. The lowest BCUT2D eigenvalue weighted by atomic mass is 9.95. The number of rotatable bonds is 5. The van der Waals surface area contributed by atoms with E-state index in [1.165, 1.54) is 17.0 Å². The first-order valence-electron chi connectivity index (χ1n) is 11.0. The molecule has 0 bridgehead atoms. The molecule has 168 valence electrons. The first-order chi connectivity index (χ1) is 16.1. The number of amides is 1. The van der Waals surface area contributed by atoms with Gasteiger partial charge in [-0.1, -0.05) is 30.3 Å². The molecule has 7 nitrogen and oxygen atoms in total. The summed E-state index contributed by atoms with van der Waals surface area (Å²) >= 11 is 0. The van der Waals surface area contributed by atoms with Crippen molar-refractivity contribution in [2.45, 2.75) is 25.3 Å². The van der Waals surface area contributed by atoms with Crippen LogP contribution in [0.5, 0.6) is 0 Å². The summed E-state index contributed by atoms with van der Waals surface area (Å²) in [4.78, 5) is 25.3. The summed E-state index contributed by atoms with van der Waals surface area (Å²) in [5.41, 5.74) is 3.99. The van der Waals surface area contributed by atoms with Crippen molar-refractivity contribution in [3.8, 4) is 11.3 Å². The van der Waals surface area contributed by atoms with E-state index in [0.717, 1.165) is 35.0 Å². The Labute approximate surface area is 190 Å². The number of hydrogen-bond acceptors (Lipinski definition) is 4. The molecule has 3 aromatic heterocycles. The van der Waals surface area contributed by atoms with Gasteiger partial charge in [-0.3, -0.25) is 0 Å². The molecule has 1 aliphatic rings. The summed E-state index contributed by atoms with van der Waals surface area (Å²) in [6, 6.07) is 16.5. The minimum Gasteiger partial charge on any atom is -0.465 e. The van der Waals surface area contributed by atoms with Crippen molar-refractivity contribution >= 4 is 22.9 Å². The molecule has 1 fully saturated rings. The van der Waals surface area contributed by atoms with E-state index >= 15 is 0 Å². The quantitative estimate of drug-likeness (QED) is 0.391. The van der Waals surface area contributed by atoms with Crippen molar-refractivity contribution in [3.05, 3.63) is 77.9 Å². The van der Waals surface area contributed by atoms with Gasteiger partial charge >= 0.3 is 6.09 Å². The Morgan fingerprint density at radius 3 is 2.88 bits per heavy atom. The molecule has 0 aliphatic carbocycles. The van der Waals surface area contributed by atoms with Crippen LogP contribution in [0.2, 0.25) is 0 Å². The van der Waals surface area contributed by atoms with E-state index in [2.05, 4.69) is 20.3 Å². The number of aromatic amines is 1. The largest absolute Gasteiger partial charge is 0.465 e. The average Bonchev–Trinajstić information content (AvgIpc) is 3.28. The highest BCUT2D eigenvalue weighted by Gasteiger charge is 2.26. The average molecular weight is 445 g/mol. The molecule has 3 N–H and O–H groups in total. The van der Waals surface area contributed by atoms with Crippen LogP contribution in [0.15, 0.2) is 60.8 Å².